The molecule has 0 heterocycles. The molecule has 114 valence electrons. The first-order chi connectivity index (χ1) is 9.37. The van der Waals surface area contributed by atoms with E-state index < -0.39 is 12.1 Å². The molecule has 3 N–H and O–H groups in total. The monoisotopic (exact) mass is 313 g/mol. The summed E-state index contributed by atoms with van der Waals surface area (Å²) in [6.07, 6.45) is -4.02. The van der Waals surface area contributed by atoms with E-state index in [2.05, 4.69) is 4.74 Å². The summed E-state index contributed by atoms with van der Waals surface area (Å²) in [6, 6.07) is 3.95. The average Bonchev–Trinajstić information content (AvgIpc) is 2.39. The van der Waals surface area contributed by atoms with Gasteiger partial charge in [-0.2, -0.15) is 0 Å². The van der Waals surface area contributed by atoms with Crippen LogP contribution in [0.5, 0.6) is 5.75 Å². The molecule has 0 saturated carbocycles. The molecule has 0 aliphatic rings. The lowest BCUT2D eigenvalue weighted by Crippen LogP contribution is -2.18. The fourth-order valence-electron chi connectivity index (χ4n) is 1.46. The Balaban J connectivity index is 0.00000172. The highest BCUT2D eigenvalue weighted by molar-refractivity contribution is 6.32. The molecule has 1 unspecified atom stereocenters. The van der Waals surface area contributed by atoms with Gasteiger partial charge in [0.2, 0.25) is 0 Å². The third kappa shape index (κ3) is 6.23. The quantitative estimate of drug-likeness (QED) is 0.819. The molecule has 1 atom stereocenters. The van der Waals surface area contributed by atoms with E-state index in [0.717, 1.165) is 13.2 Å². The summed E-state index contributed by atoms with van der Waals surface area (Å²) in [7, 11) is 1.00. The van der Waals surface area contributed by atoms with Crippen molar-refractivity contribution in [3.63, 3.8) is 0 Å². The van der Waals surface area contributed by atoms with Crippen LogP contribution in [0.4, 0.5) is 13.2 Å². The molecule has 4 nitrogen and oxygen atoms in total. The number of ether oxygens (including phenoxy) is 1. The number of aldehydes is 1. The molecule has 0 bridgehead atoms. The highest BCUT2D eigenvalue weighted by Gasteiger charge is 2.32. The van der Waals surface area contributed by atoms with Gasteiger partial charge in [-0.3, -0.25) is 0 Å². The summed E-state index contributed by atoms with van der Waals surface area (Å²) in [4.78, 5) is 10.4. The normalized spacial score (nSPS) is 12.2. The Bertz CT molecular complexity index is 427. The van der Waals surface area contributed by atoms with Crippen molar-refractivity contribution >= 4 is 17.9 Å². The Labute approximate surface area is 119 Å². The Morgan fingerprint density at radius 3 is 2.50 bits per heavy atom. The van der Waals surface area contributed by atoms with Gasteiger partial charge in [0.1, 0.15) is 12.0 Å². The Hall–Kier alpha value is -1.31. The van der Waals surface area contributed by atoms with Gasteiger partial charge < -0.3 is 20.4 Å². The van der Waals surface area contributed by atoms with Crippen LogP contribution in [0.25, 0.3) is 0 Å². The van der Waals surface area contributed by atoms with Crippen molar-refractivity contribution < 1.29 is 27.8 Å². The summed E-state index contributed by atoms with van der Waals surface area (Å²) >= 11 is 5.60. The second-order valence-electron chi connectivity index (χ2n) is 3.57. The number of carbonyl (C=O) groups is 1. The van der Waals surface area contributed by atoms with Crippen molar-refractivity contribution in [3.05, 3.63) is 28.8 Å². The molecule has 0 aliphatic carbocycles. The van der Waals surface area contributed by atoms with Crippen LogP contribution in [-0.4, -0.2) is 31.4 Å². The third-order valence-corrected chi connectivity index (χ3v) is 2.63. The van der Waals surface area contributed by atoms with Crippen molar-refractivity contribution in [1.82, 2.24) is 0 Å². The summed E-state index contributed by atoms with van der Waals surface area (Å²) in [5, 5.41) is 6.85. The van der Waals surface area contributed by atoms with E-state index >= 15 is 0 Å². The van der Waals surface area contributed by atoms with E-state index in [4.69, 9.17) is 22.4 Å². The minimum Gasteiger partial charge on any atom is -0.404 e. The first kappa shape index (κ1) is 18.7. The van der Waals surface area contributed by atoms with E-state index in [9.17, 15) is 18.0 Å². The van der Waals surface area contributed by atoms with E-state index in [-0.39, 0.29) is 23.9 Å². The van der Waals surface area contributed by atoms with Gasteiger partial charge in [-0.25, -0.2) is 0 Å². The number of hydrogen-bond donors (Lipinski definition) is 2. The molecular weight excluding hydrogens is 299 g/mol. The van der Waals surface area contributed by atoms with E-state index in [1.54, 1.807) is 0 Å². The van der Waals surface area contributed by atoms with E-state index in [1.807, 2.05) is 0 Å². The van der Waals surface area contributed by atoms with E-state index in [0.29, 0.717) is 11.8 Å². The zero-order chi connectivity index (χ0) is 15.8. The van der Waals surface area contributed by atoms with Gasteiger partial charge >= 0.3 is 6.36 Å². The van der Waals surface area contributed by atoms with Crippen LogP contribution in [0.2, 0.25) is 5.02 Å². The minimum absolute atomic E-state index is 0.129. The summed E-state index contributed by atoms with van der Waals surface area (Å²) in [6.45, 7) is 0.145. The molecule has 1 rings (SSSR count). The Kier molecular flexibility index (Phi) is 8.21. The molecule has 0 radical (unpaired) electrons. The number of benzene rings is 1. The molecule has 0 saturated heterocycles. The molecule has 1 aromatic carbocycles. The maximum absolute atomic E-state index is 12.1. The summed E-state index contributed by atoms with van der Waals surface area (Å²) < 4.78 is 40.2. The van der Waals surface area contributed by atoms with Crippen LogP contribution < -0.4 is 10.5 Å². The standard InChI is InChI=1S/C11H11ClF3NO2.CH4O/c12-9-2-1-7(8(6-16)3-4-17)5-10(9)18-11(13,14)15;1-2/h1-2,4-5,8H,3,6,16H2;2H,1H3. The van der Waals surface area contributed by atoms with Crippen molar-refractivity contribution in [1.29, 1.82) is 0 Å². The SMILES string of the molecule is CO.NCC(CC=O)c1ccc(Cl)c(OC(F)(F)F)c1. The smallest absolute Gasteiger partial charge is 0.404 e. The lowest BCUT2D eigenvalue weighted by molar-refractivity contribution is -0.274. The fraction of sp³-hybridized carbons (Fsp3) is 0.417. The number of aliphatic hydroxyl groups is 1. The number of hydrogen-bond acceptors (Lipinski definition) is 4. The molecule has 1 aromatic rings. The Morgan fingerprint density at radius 1 is 1.45 bits per heavy atom. The summed E-state index contributed by atoms with van der Waals surface area (Å²) in [5.41, 5.74) is 5.93. The van der Waals surface area contributed by atoms with E-state index in [1.165, 1.54) is 12.1 Å². The van der Waals surface area contributed by atoms with Crippen LogP contribution in [-0.2, 0) is 4.79 Å². The molecule has 0 spiro atoms. The van der Waals surface area contributed by atoms with Gasteiger partial charge in [-0.15, -0.1) is 13.2 Å². The zero-order valence-corrected chi connectivity index (χ0v) is 11.4. The number of alkyl halides is 3. The van der Waals surface area contributed by atoms with Gasteiger partial charge in [-0.05, 0) is 24.2 Å². The molecule has 0 fully saturated rings. The fourth-order valence-corrected chi connectivity index (χ4v) is 1.62. The van der Waals surface area contributed by atoms with Crippen LogP contribution in [0.1, 0.15) is 17.9 Å². The highest BCUT2D eigenvalue weighted by Crippen LogP contribution is 2.33. The topological polar surface area (TPSA) is 72.5 Å². The highest BCUT2D eigenvalue weighted by atomic mass is 35.5. The average molecular weight is 314 g/mol. The molecule has 0 aliphatic heterocycles. The predicted molar refractivity (Wildman–Crippen MR) is 68.8 cm³/mol. The van der Waals surface area contributed by atoms with Crippen molar-refractivity contribution in [2.75, 3.05) is 13.7 Å². The Morgan fingerprint density at radius 2 is 2.05 bits per heavy atom. The first-order valence-corrected chi connectivity index (χ1v) is 5.88. The van der Waals surface area contributed by atoms with Crippen molar-refractivity contribution in [2.45, 2.75) is 18.7 Å². The number of rotatable bonds is 5. The largest absolute Gasteiger partial charge is 0.573 e. The molecule has 20 heavy (non-hydrogen) atoms. The van der Waals surface area contributed by atoms with Gasteiger partial charge in [0.05, 0.1) is 5.02 Å². The zero-order valence-electron chi connectivity index (χ0n) is 10.7. The van der Waals surface area contributed by atoms with Crippen molar-refractivity contribution in [2.24, 2.45) is 5.73 Å². The van der Waals surface area contributed by atoms with Crippen LogP contribution in [0.3, 0.4) is 0 Å². The van der Waals surface area contributed by atoms with Crippen molar-refractivity contribution in [3.8, 4) is 5.75 Å². The maximum Gasteiger partial charge on any atom is 0.573 e. The van der Waals surface area contributed by atoms with Crippen LogP contribution in [0, 0.1) is 0 Å². The number of halogens is 4. The van der Waals surface area contributed by atoms with Crippen LogP contribution in [0.15, 0.2) is 18.2 Å². The number of aliphatic hydroxyl groups excluding tert-OH is 1. The molecular formula is C12H15ClF3NO3. The maximum atomic E-state index is 12.1. The second kappa shape index (κ2) is 8.78. The predicted octanol–water partition coefficient (Wildman–Crippen LogP) is 2.48. The van der Waals surface area contributed by atoms with Gasteiger partial charge in [0, 0.05) is 19.4 Å². The lowest BCUT2D eigenvalue weighted by atomic mass is 9.96. The lowest BCUT2D eigenvalue weighted by Gasteiger charge is -2.15. The van der Waals surface area contributed by atoms with Gasteiger partial charge in [0.25, 0.3) is 0 Å². The van der Waals surface area contributed by atoms with Crippen LogP contribution >= 0.6 is 11.6 Å². The van der Waals surface area contributed by atoms with Gasteiger partial charge in [-0.1, -0.05) is 17.7 Å². The molecule has 0 aromatic heterocycles. The molecule has 8 heteroatoms. The number of carbonyl (C=O) groups excluding carboxylic acids is 1. The van der Waals surface area contributed by atoms with Gasteiger partial charge in [0.15, 0.2) is 0 Å². The third-order valence-electron chi connectivity index (χ3n) is 2.32. The molecule has 0 amide bonds. The summed E-state index contributed by atoms with van der Waals surface area (Å²) in [5.74, 6) is -0.846. The minimum atomic E-state index is -4.81. The first-order valence-electron chi connectivity index (χ1n) is 5.51. The second-order valence-corrected chi connectivity index (χ2v) is 3.98. The number of nitrogens with two attached hydrogens (primary N) is 1.